The average molecular weight is 382 g/mol. The maximum absolute atomic E-state index is 13.7. The van der Waals surface area contributed by atoms with Crippen LogP contribution < -0.4 is 0 Å². The Hall–Kier alpha value is -1.62. The number of halogens is 3. The zero-order chi connectivity index (χ0) is 15.8. The predicted molar refractivity (Wildman–Crippen MR) is 104 cm³/mol. The molecule has 3 nitrogen and oxygen atoms in total. The molecule has 1 aromatic carbocycles. The molecule has 134 valence electrons. The normalized spacial score (nSPS) is 13.8. The van der Waals surface area contributed by atoms with Crippen LogP contribution >= 0.6 is 24.8 Å². The van der Waals surface area contributed by atoms with Crippen LogP contribution in [-0.2, 0) is 25.9 Å². The molecule has 0 amide bonds. The van der Waals surface area contributed by atoms with Gasteiger partial charge in [-0.05, 0) is 54.9 Å². The third-order valence-corrected chi connectivity index (χ3v) is 4.78. The molecule has 25 heavy (non-hydrogen) atoms. The van der Waals surface area contributed by atoms with E-state index < -0.39 is 0 Å². The molecular weight excluding hydrogens is 360 g/mol. The van der Waals surface area contributed by atoms with E-state index in [4.69, 9.17) is 0 Å². The molecular formula is C19H22Cl2FN3. The molecule has 3 heterocycles. The topological polar surface area (TPSA) is 21.1 Å². The lowest BCUT2D eigenvalue weighted by Gasteiger charge is -2.24. The van der Waals surface area contributed by atoms with Gasteiger partial charge in [-0.1, -0.05) is 0 Å². The number of fused-ring (bicyclic) bond motifs is 3. The Kier molecular flexibility index (Phi) is 6.44. The molecule has 1 aliphatic heterocycles. The zero-order valence-electron chi connectivity index (χ0n) is 14.1. The fourth-order valence-corrected chi connectivity index (χ4v) is 3.60. The van der Waals surface area contributed by atoms with E-state index in [1.54, 1.807) is 12.1 Å². The van der Waals surface area contributed by atoms with Crippen molar-refractivity contribution < 1.29 is 4.39 Å². The van der Waals surface area contributed by atoms with E-state index in [2.05, 4.69) is 33.6 Å². The van der Waals surface area contributed by atoms with Gasteiger partial charge in [-0.2, -0.15) is 0 Å². The minimum atomic E-state index is -0.153. The van der Waals surface area contributed by atoms with Gasteiger partial charge in [0.05, 0.1) is 0 Å². The number of hydrogen-bond acceptors (Lipinski definition) is 2. The lowest BCUT2D eigenvalue weighted by molar-refractivity contribution is 0.309. The number of rotatable bonds is 3. The monoisotopic (exact) mass is 381 g/mol. The number of likely N-dealkylation sites (N-methyl/N-ethyl adjacent to an activating group) is 1. The Labute approximate surface area is 159 Å². The molecule has 0 spiro atoms. The first-order chi connectivity index (χ1) is 11.2. The van der Waals surface area contributed by atoms with Gasteiger partial charge in [0, 0.05) is 55.0 Å². The molecule has 0 bridgehead atoms. The van der Waals surface area contributed by atoms with Crippen molar-refractivity contribution in [1.29, 1.82) is 0 Å². The number of aromatic nitrogens is 2. The highest BCUT2D eigenvalue weighted by molar-refractivity contribution is 5.86. The second-order valence-electron chi connectivity index (χ2n) is 6.33. The summed E-state index contributed by atoms with van der Waals surface area (Å²) >= 11 is 0. The van der Waals surface area contributed by atoms with Gasteiger partial charge in [0.1, 0.15) is 5.82 Å². The van der Waals surface area contributed by atoms with E-state index >= 15 is 0 Å². The predicted octanol–water partition coefficient (Wildman–Crippen LogP) is 4.25. The maximum atomic E-state index is 13.7. The van der Waals surface area contributed by atoms with Gasteiger partial charge in [-0.3, -0.25) is 4.98 Å². The van der Waals surface area contributed by atoms with Crippen molar-refractivity contribution in [1.82, 2.24) is 14.5 Å². The Bertz CT molecular complexity index is 849. The van der Waals surface area contributed by atoms with Crippen LogP contribution in [0.3, 0.4) is 0 Å². The van der Waals surface area contributed by atoms with Crippen LogP contribution in [0.2, 0.25) is 0 Å². The summed E-state index contributed by atoms with van der Waals surface area (Å²) in [7, 11) is 2.13. The molecule has 0 aliphatic carbocycles. The zero-order valence-corrected chi connectivity index (χ0v) is 15.7. The van der Waals surface area contributed by atoms with Crippen LogP contribution in [0, 0.1) is 5.82 Å². The second-order valence-corrected chi connectivity index (χ2v) is 6.33. The number of aryl methyl sites for hydroxylation is 2. The van der Waals surface area contributed by atoms with Crippen LogP contribution in [0.15, 0.2) is 42.7 Å². The van der Waals surface area contributed by atoms with E-state index in [9.17, 15) is 4.39 Å². The fourth-order valence-electron chi connectivity index (χ4n) is 3.60. The van der Waals surface area contributed by atoms with Crippen LogP contribution in [0.5, 0.6) is 0 Å². The highest BCUT2D eigenvalue weighted by Crippen LogP contribution is 2.31. The third-order valence-electron chi connectivity index (χ3n) is 4.78. The fraction of sp³-hybridized carbons (Fsp3) is 0.316. The maximum Gasteiger partial charge on any atom is 0.123 e. The molecule has 0 saturated carbocycles. The third kappa shape index (κ3) is 3.81. The van der Waals surface area contributed by atoms with Gasteiger partial charge < -0.3 is 9.47 Å². The van der Waals surface area contributed by atoms with Crippen LogP contribution in [0.4, 0.5) is 4.39 Å². The van der Waals surface area contributed by atoms with Gasteiger partial charge in [-0.15, -0.1) is 24.8 Å². The van der Waals surface area contributed by atoms with Gasteiger partial charge >= 0.3 is 0 Å². The van der Waals surface area contributed by atoms with Crippen molar-refractivity contribution in [2.75, 3.05) is 13.6 Å². The summed E-state index contributed by atoms with van der Waals surface area (Å²) in [6.07, 6.45) is 5.66. The van der Waals surface area contributed by atoms with E-state index in [0.717, 1.165) is 43.4 Å². The molecule has 0 radical (unpaired) electrons. The molecule has 6 heteroatoms. The molecule has 2 aromatic heterocycles. The SMILES string of the molecule is CN1CCc2c(c3cc(F)ccc3n2CCc2ccncc2)C1.Cl.Cl. The van der Waals surface area contributed by atoms with Crippen molar-refractivity contribution in [3.63, 3.8) is 0 Å². The van der Waals surface area contributed by atoms with E-state index in [0.29, 0.717) is 0 Å². The number of nitrogens with zero attached hydrogens (tertiary/aromatic N) is 3. The van der Waals surface area contributed by atoms with Crippen LogP contribution in [-0.4, -0.2) is 28.0 Å². The summed E-state index contributed by atoms with van der Waals surface area (Å²) in [6, 6.07) is 9.31. The second kappa shape index (κ2) is 8.17. The van der Waals surface area contributed by atoms with E-state index in [-0.39, 0.29) is 30.6 Å². The van der Waals surface area contributed by atoms with E-state index in [1.165, 1.54) is 16.8 Å². The number of hydrogen-bond donors (Lipinski definition) is 0. The molecule has 0 atom stereocenters. The lowest BCUT2D eigenvalue weighted by atomic mass is 10.0. The van der Waals surface area contributed by atoms with Crippen molar-refractivity contribution in [3.05, 3.63) is 65.4 Å². The minimum absolute atomic E-state index is 0. The summed E-state index contributed by atoms with van der Waals surface area (Å²) in [5, 5.41) is 1.07. The first kappa shape index (κ1) is 19.7. The quantitative estimate of drug-likeness (QED) is 0.675. The van der Waals surface area contributed by atoms with Crippen molar-refractivity contribution in [2.24, 2.45) is 0 Å². The van der Waals surface area contributed by atoms with Gasteiger partial charge in [0.25, 0.3) is 0 Å². The Morgan fingerprint density at radius 3 is 2.64 bits per heavy atom. The van der Waals surface area contributed by atoms with Crippen LogP contribution in [0.25, 0.3) is 10.9 Å². The largest absolute Gasteiger partial charge is 0.344 e. The lowest BCUT2D eigenvalue weighted by Crippen LogP contribution is -2.27. The first-order valence-corrected chi connectivity index (χ1v) is 8.09. The van der Waals surface area contributed by atoms with Crippen molar-refractivity contribution >= 4 is 35.7 Å². The van der Waals surface area contributed by atoms with Gasteiger partial charge in [0.2, 0.25) is 0 Å². The highest BCUT2D eigenvalue weighted by Gasteiger charge is 2.22. The first-order valence-electron chi connectivity index (χ1n) is 8.09. The van der Waals surface area contributed by atoms with Crippen LogP contribution in [0.1, 0.15) is 16.8 Å². The molecule has 0 fully saturated rings. The Morgan fingerprint density at radius 2 is 1.88 bits per heavy atom. The molecule has 3 aromatic rings. The molecule has 0 N–H and O–H groups in total. The summed E-state index contributed by atoms with van der Waals surface area (Å²) in [6.45, 7) is 2.88. The average Bonchev–Trinajstić information content (AvgIpc) is 2.86. The van der Waals surface area contributed by atoms with Gasteiger partial charge in [-0.25, -0.2) is 4.39 Å². The van der Waals surface area contributed by atoms with E-state index in [1.807, 2.05) is 18.5 Å². The summed E-state index contributed by atoms with van der Waals surface area (Å²) in [5.41, 5.74) is 5.10. The van der Waals surface area contributed by atoms with Crippen molar-refractivity contribution in [2.45, 2.75) is 25.9 Å². The van der Waals surface area contributed by atoms with Gasteiger partial charge in [0.15, 0.2) is 0 Å². The molecule has 0 saturated heterocycles. The number of pyridine rings is 1. The minimum Gasteiger partial charge on any atom is -0.344 e. The summed E-state index contributed by atoms with van der Waals surface area (Å²) in [4.78, 5) is 6.38. The highest BCUT2D eigenvalue weighted by atomic mass is 35.5. The summed E-state index contributed by atoms with van der Waals surface area (Å²) < 4.78 is 16.1. The standard InChI is InChI=1S/C19H20FN3.2ClH/c1-22-10-7-19-17(13-22)16-12-15(20)2-3-18(16)23(19)11-6-14-4-8-21-9-5-14;;/h2-5,8-9,12H,6-7,10-11,13H2,1H3;2*1H. The molecule has 1 aliphatic rings. The molecule has 4 rings (SSSR count). The summed E-state index contributed by atoms with van der Waals surface area (Å²) in [5.74, 6) is -0.153. The Morgan fingerprint density at radius 1 is 1.12 bits per heavy atom. The smallest absolute Gasteiger partial charge is 0.123 e. The van der Waals surface area contributed by atoms with Crippen molar-refractivity contribution in [3.8, 4) is 0 Å². The molecule has 0 unspecified atom stereocenters. The number of benzene rings is 1. The Balaban J connectivity index is 0.00000113.